The van der Waals surface area contributed by atoms with Gasteiger partial charge in [-0.1, -0.05) is 18.9 Å². The minimum atomic E-state index is -0.162. The summed E-state index contributed by atoms with van der Waals surface area (Å²) in [5, 5.41) is 10.3. The van der Waals surface area contributed by atoms with E-state index in [1.165, 1.54) is 12.8 Å². The molecule has 0 saturated heterocycles. The maximum atomic E-state index is 11.9. The average Bonchev–Trinajstić information content (AvgIpc) is 3.08. The predicted octanol–water partition coefficient (Wildman–Crippen LogP) is 0.801. The van der Waals surface area contributed by atoms with Gasteiger partial charge in [-0.2, -0.15) is 0 Å². The summed E-state index contributed by atoms with van der Waals surface area (Å²) in [6, 6.07) is 0.428. The summed E-state index contributed by atoms with van der Waals surface area (Å²) < 4.78 is 5.35. The second-order valence-electron chi connectivity index (χ2n) is 5.70. The van der Waals surface area contributed by atoms with Crippen LogP contribution in [0.2, 0.25) is 0 Å². The second kappa shape index (κ2) is 6.32. The van der Waals surface area contributed by atoms with Crippen LogP contribution in [0.5, 0.6) is 0 Å². The normalized spacial score (nSPS) is 16.7. The Morgan fingerprint density at radius 2 is 2.20 bits per heavy atom. The Morgan fingerprint density at radius 1 is 1.50 bits per heavy atom. The fourth-order valence-electron chi connectivity index (χ4n) is 2.23. The molecule has 1 aromatic heterocycles. The van der Waals surface area contributed by atoms with Crippen molar-refractivity contribution in [1.82, 2.24) is 15.1 Å². The summed E-state index contributed by atoms with van der Waals surface area (Å²) in [7, 11) is 1.92. The molecule has 20 heavy (non-hydrogen) atoms. The predicted molar refractivity (Wildman–Crippen MR) is 75.2 cm³/mol. The number of amides is 1. The number of nitrogens with one attached hydrogen (secondary N) is 1. The Morgan fingerprint density at radius 3 is 2.70 bits per heavy atom. The monoisotopic (exact) mass is 281 g/mol. The Kier molecular flexibility index (Phi) is 4.72. The summed E-state index contributed by atoms with van der Waals surface area (Å²) in [6.07, 6.45) is 2.41. The van der Waals surface area contributed by atoms with E-state index >= 15 is 0 Å². The molecule has 1 aromatic rings. The van der Waals surface area contributed by atoms with E-state index in [4.69, 9.17) is 10.2 Å². The molecule has 7 heteroatoms. The molecule has 1 atom stereocenters. The molecule has 1 aliphatic rings. The fraction of sp³-hybridized carbons (Fsp3) is 0.769. The van der Waals surface area contributed by atoms with Gasteiger partial charge >= 0.3 is 6.01 Å². The summed E-state index contributed by atoms with van der Waals surface area (Å²) in [5.74, 6) is 1.14. The summed E-state index contributed by atoms with van der Waals surface area (Å²) in [6.45, 7) is 4.76. The van der Waals surface area contributed by atoms with Crippen molar-refractivity contribution >= 4 is 11.9 Å². The zero-order valence-corrected chi connectivity index (χ0v) is 12.3. The number of hydrogen-bond donors (Lipinski definition) is 2. The first-order chi connectivity index (χ1) is 9.51. The zero-order chi connectivity index (χ0) is 14.7. The third-order valence-corrected chi connectivity index (χ3v) is 3.55. The number of hydrogen-bond acceptors (Lipinski definition) is 6. The van der Waals surface area contributed by atoms with Crippen molar-refractivity contribution < 1.29 is 9.21 Å². The first kappa shape index (κ1) is 14.9. The molecule has 2 rings (SSSR count). The summed E-state index contributed by atoms with van der Waals surface area (Å²) >= 11 is 0. The minimum absolute atomic E-state index is 0.146. The van der Waals surface area contributed by atoms with E-state index in [2.05, 4.69) is 15.5 Å². The highest BCUT2D eigenvalue weighted by atomic mass is 16.4. The molecule has 0 radical (unpaired) electrons. The summed E-state index contributed by atoms with van der Waals surface area (Å²) in [4.78, 5) is 13.9. The minimum Gasteiger partial charge on any atom is -0.408 e. The fourth-order valence-corrected chi connectivity index (χ4v) is 2.23. The van der Waals surface area contributed by atoms with Gasteiger partial charge in [-0.3, -0.25) is 15.0 Å². The number of likely N-dealkylation sites (N-methyl/N-ethyl adjacent to an activating group) is 1. The van der Waals surface area contributed by atoms with Crippen LogP contribution in [0.15, 0.2) is 4.42 Å². The maximum Gasteiger partial charge on any atom is 0.322 e. The Bertz CT molecular complexity index is 455. The number of aromatic nitrogens is 2. The van der Waals surface area contributed by atoms with Gasteiger partial charge in [0.05, 0.1) is 6.54 Å². The summed E-state index contributed by atoms with van der Waals surface area (Å²) in [5.41, 5.74) is 5.77. The zero-order valence-electron chi connectivity index (χ0n) is 12.3. The standard InChI is InChI=1S/C13H23N5O2/c1-8(2)12-16-17-13(20-12)15-11(19)7-18(3)10(6-14)9-4-5-9/h8-10H,4-7,14H2,1-3H3,(H,15,17,19). The molecule has 0 aromatic carbocycles. The third-order valence-electron chi connectivity index (χ3n) is 3.55. The van der Waals surface area contributed by atoms with Crippen molar-refractivity contribution in [2.45, 2.75) is 38.6 Å². The molecule has 1 heterocycles. The average molecular weight is 281 g/mol. The van der Waals surface area contributed by atoms with Crippen LogP contribution in [-0.2, 0) is 4.79 Å². The van der Waals surface area contributed by atoms with Gasteiger partial charge in [0.25, 0.3) is 0 Å². The van der Waals surface area contributed by atoms with Crippen LogP contribution in [0.3, 0.4) is 0 Å². The molecular weight excluding hydrogens is 258 g/mol. The van der Waals surface area contributed by atoms with Crippen LogP contribution in [0.4, 0.5) is 6.01 Å². The van der Waals surface area contributed by atoms with Crippen LogP contribution in [0.25, 0.3) is 0 Å². The largest absolute Gasteiger partial charge is 0.408 e. The van der Waals surface area contributed by atoms with Gasteiger partial charge in [0, 0.05) is 18.5 Å². The van der Waals surface area contributed by atoms with Gasteiger partial charge in [-0.15, -0.1) is 5.10 Å². The van der Waals surface area contributed by atoms with Gasteiger partial charge in [-0.05, 0) is 25.8 Å². The van der Waals surface area contributed by atoms with Crippen LogP contribution in [0.1, 0.15) is 38.5 Å². The third kappa shape index (κ3) is 3.77. The molecule has 1 aliphatic carbocycles. The van der Waals surface area contributed by atoms with E-state index in [9.17, 15) is 4.79 Å². The number of carbonyl (C=O) groups excluding carboxylic acids is 1. The highest BCUT2D eigenvalue weighted by Gasteiger charge is 2.33. The highest BCUT2D eigenvalue weighted by molar-refractivity contribution is 5.90. The number of anilines is 1. The molecule has 7 nitrogen and oxygen atoms in total. The Balaban J connectivity index is 1.84. The van der Waals surface area contributed by atoms with E-state index in [1.54, 1.807) is 0 Å². The topological polar surface area (TPSA) is 97.3 Å². The number of rotatable bonds is 7. The molecule has 0 bridgehead atoms. The molecule has 1 fully saturated rings. The maximum absolute atomic E-state index is 11.9. The SMILES string of the molecule is CC(C)c1nnc(NC(=O)CN(C)C(CN)C2CC2)o1. The lowest BCUT2D eigenvalue weighted by Crippen LogP contribution is -2.43. The van der Waals surface area contributed by atoms with E-state index in [0.717, 1.165) is 0 Å². The van der Waals surface area contributed by atoms with Crippen molar-refractivity contribution in [1.29, 1.82) is 0 Å². The molecule has 1 unspecified atom stereocenters. The van der Waals surface area contributed by atoms with Crippen molar-refractivity contribution in [3.63, 3.8) is 0 Å². The molecule has 0 aliphatic heterocycles. The molecule has 112 valence electrons. The van der Waals surface area contributed by atoms with Crippen molar-refractivity contribution in [3.8, 4) is 0 Å². The lowest BCUT2D eigenvalue weighted by Gasteiger charge is -2.25. The van der Waals surface area contributed by atoms with Crippen molar-refractivity contribution in [2.75, 3.05) is 25.5 Å². The van der Waals surface area contributed by atoms with E-state index in [1.807, 2.05) is 25.8 Å². The molecular formula is C13H23N5O2. The van der Waals surface area contributed by atoms with Crippen LogP contribution in [-0.4, -0.2) is 47.2 Å². The number of carbonyl (C=O) groups is 1. The molecule has 3 N–H and O–H groups in total. The first-order valence-electron chi connectivity index (χ1n) is 7.04. The molecule has 1 saturated carbocycles. The van der Waals surface area contributed by atoms with Gasteiger partial charge in [-0.25, -0.2) is 0 Å². The molecule has 1 amide bonds. The molecule has 0 spiro atoms. The van der Waals surface area contributed by atoms with E-state index < -0.39 is 0 Å². The smallest absolute Gasteiger partial charge is 0.322 e. The van der Waals surface area contributed by atoms with Crippen molar-refractivity contribution in [3.05, 3.63) is 5.89 Å². The van der Waals surface area contributed by atoms with Crippen LogP contribution >= 0.6 is 0 Å². The quantitative estimate of drug-likeness (QED) is 0.767. The number of nitrogens with zero attached hydrogens (tertiary/aromatic N) is 3. The van der Waals surface area contributed by atoms with Gasteiger partial charge < -0.3 is 10.2 Å². The van der Waals surface area contributed by atoms with E-state index in [-0.39, 0.29) is 30.4 Å². The van der Waals surface area contributed by atoms with Crippen LogP contribution < -0.4 is 11.1 Å². The lowest BCUT2D eigenvalue weighted by molar-refractivity contribution is -0.117. The Labute approximate surface area is 118 Å². The van der Waals surface area contributed by atoms with E-state index in [0.29, 0.717) is 18.4 Å². The highest BCUT2D eigenvalue weighted by Crippen LogP contribution is 2.34. The van der Waals surface area contributed by atoms with Crippen molar-refractivity contribution in [2.24, 2.45) is 11.7 Å². The Hall–Kier alpha value is -1.47. The lowest BCUT2D eigenvalue weighted by atomic mass is 10.1. The number of nitrogens with two attached hydrogens (primary N) is 1. The first-order valence-corrected chi connectivity index (χ1v) is 7.04. The van der Waals surface area contributed by atoms with Gasteiger partial charge in [0.2, 0.25) is 11.8 Å². The van der Waals surface area contributed by atoms with Gasteiger partial charge in [0.1, 0.15) is 0 Å². The van der Waals surface area contributed by atoms with Gasteiger partial charge in [0.15, 0.2) is 0 Å². The second-order valence-corrected chi connectivity index (χ2v) is 5.70. The van der Waals surface area contributed by atoms with Crippen LogP contribution in [0, 0.1) is 5.92 Å².